The van der Waals surface area contributed by atoms with E-state index < -0.39 is 0 Å². The molecule has 0 aliphatic carbocycles. The maximum Gasteiger partial charge on any atom is 0.148 e. The van der Waals surface area contributed by atoms with Crippen LogP contribution in [0.1, 0.15) is 9.88 Å². The number of hydrogen-bond acceptors (Lipinski definition) is 5. The second-order valence-corrected chi connectivity index (χ2v) is 5.52. The highest BCUT2D eigenvalue weighted by atomic mass is 79.9. The first-order chi connectivity index (χ1) is 7.66. The van der Waals surface area contributed by atoms with Crippen LogP contribution in [0.15, 0.2) is 17.0 Å². The molecule has 0 bridgehead atoms. The number of nitrogens with one attached hydrogen (secondary N) is 1. The second-order valence-electron chi connectivity index (χ2n) is 3.05. The van der Waals surface area contributed by atoms with Crippen LogP contribution in [0.4, 0.5) is 5.82 Å². The average molecular weight is 320 g/mol. The number of rotatable bonds is 3. The van der Waals surface area contributed by atoms with Crippen molar-refractivity contribution in [3.05, 3.63) is 32.0 Å². The molecule has 0 aliphatic rings. The molecule has 84 valence electrons. The molecule has 0 amide bonds. The number of halogens is 2. The molecule has 0 unspecified atom stereocenters. The molecule has 0 fully saturated rings. The van der Waals surface area contributed by atoms with E-state index in [0.29, 0.717) is 22.0 Å². The van der Waals surface area contributed by atoms with Crippen LogP contribution < -0.4 is 5.32 Å². The highest BCUT2D eigenvalue weighted by Gasteiger charge is 2.06. The third-order valence-corrected chi connectivity index (χ3v) is 4.00. The zero-order valence-corrected chi connectivity index (χ0v) is 11.5. The third kappa shape index (κ3) is 2.69. The summed E-state index contributed by atoms with van der Waals surface area (Å²) in [5.41, 5.74) is 0. The van der Waals surface area contributed by atoms with Crippen molar-refractivity contribution < 1.29 is 0 Å². The number of anilines is 1. The monoisotopic (exact) mass is 318 g/mol. The molecule has 0 aliphatic heterocycles. The van der Waals surface area contributed by atoms with Gasteiger partial charge in [-0.15, -0.1) is 11.3 Å². The summed E-state index contributed by atoms with van der Waals surface area (Å²) in [4.78, 5) is 13.4. The topological polar surface area (TPSA) is 50.7 Å². The van der Waals surface area contributed by atoms with Gasteiger partial charge < -0.3 is 5.32 Å². The maximum absolute atomic E-state index is 5.85. The summed E-state index contributed by atoms with van der Waals surface area (Å²) >= 11 is 10.8. The molecule has 0 saturated carbocycles. The van der Waals surface area contributed by atoms with Crippen molar-refractivity contribution in [2.75, 3.05) is 5.32 Å². The van der Waals surface area contributed by atoms with Crippen LogP contribution in [0.3, 0.4) is 0 Å². The van der Waals surface area contributed by atoms with Crippen LogP contribution in [0.5, 0.6) is 0 Å². The van der Waals surface area contributed by atoms with Crippen LogP contribution in [0.2, 0.25) is 5.15 Å². The van der Waals surface area contributed by atoms with E-state index in [9.17, 15) is 0 Å². The van der Waals surface area contributed by atoms with Crippen molar-refractivity contribution in [1.82, 2.24) is 15.0 Å². The van der Waals surface area contributed by atoms with Crippen molar-refractivity contribution >= 4 is 44.7 Å². The van der Waals surface area contributed by atoms with Crippen LogP contribution in [0, 0.1) is 6.92 Å². The Balaban J connectivity index is 2.07. The van der Waals surface area contributed by atoms with Gasteiger partial charge in [-0.1, -0.05) is 11.6 Å². The Morgan fingerprint density at radius 2 is 2.25 bits per heavy atom. The van der Waals surface area contributed by atoms with Gasteiger partial charge in [-0.25, -0.2) is 15.0 Å². The standard InChI is InChI=1S/C9H8BrClN4S/c1-5-2-12-6(16-5)3-13-9-7(10)8(11)14-4-15-9/h2,4H,3H2,1H3,(H,13,14,15). The number of hydrogen-bond donors (Lipinski definition) is 1. The molecular formula is C9H8BrClN4S. The van der Waals surface area contributed by atoms with Crippen molar-refractivity contribution in [2.24, 2.45) is 0 Å². The van der Waals surface area contributed by atoms with Crippen LogP contribution in [-0.4, -0.2) is 15.0 Å². The molecule has 2 aromatic heterocycles. The van der Waals surface area contributed by atoms with Gasteiger partial charge in [0, 0.05) is 11.1 Å². The molecule has 0 spiro atoms. The summed E-state index contributed by atoms with van der Waals surface area (Å²) in [6.07, 6.45) is 3.27. The molecule has 2 aromatic rings. The highest BCUT2D eigenvalue weighted by molar-refractivity contribution is 9.10. The van der Waals surface area contributed by atoms with Gasteiger partial charge in [0.1, 0.15) is 22.3 Å². The zero-order valence-electron chi connectivity index (χ0n) is 8.37. The van der Waals surface area contributed by atoms with E-state index in [1.165, 1.54) is 11.2 Å². The lowest BCUT2D eigenvalue weighted by atomic mass is 10.5. The largest absolute Gasteiger partial charge is 0.362 e. The van der Waals surface area contributed by atoms with E-state index in [1.807, 2.05) is 13.1 Å². The molecule has 7 heteroatoms. The lowest BCUT2D eigenvalue weighted by Gasteiger charge is -2.05. The van der Waals surface area contributed by atoms with Crippen LogP contribution in [0.25, 0.3) is 0 Å². The van der Waals surface area contributed by atoms with E-state index in [-0.39, 0.29) is 0 Å². The molecule has 2 heterocycles. The predicted octanol–water partition coefficient (Wildman–Crippen LogP) is 3.27. The SMILES string of the molecule is Cc1cnc(CNc2ncnc(Cl)c2Br)s1. The Labute approximate surface area is 110 Å². The quantitative estimate of drug-likeness (QED) is 0.882. The number of nitrogens with zero attached hydrogens (tertiary/aromatic N) is 3. The average Bonchev–Trinajstić information content (AvgIpc) is 2.67. The Kier molecular flexibility index (Phi) is 3.73. The molecule has 2 rings (SSSR count). The Morgan fingerprint density at radius 1 is 1.44 bits per heavy atom. The summed E-state index contributed by atoms with van der Waals surface area (Å²) in [7, 11) is 0. The minimum atomic E-state index is 0.396. The molecule has 16 heavy (non-hydrogen) atoms. The fourth-order valence-corrected chi connectivity index (χ4v) is 2.32. The van der Waals surface area contributed by atoms with Crippen LogP contribution >= 0.6 is 38.9 Å². The zero-order chi connectivity index (χ0) is 11.5. The van der Waals surface area contributed by atoms with Gasteiger partial charge in [0.05, 0.1) is 11.0 Å². The predicted molar refractivity (Wildman–Crippen MR) is 68.9 cm³/mol. The Bertz CT molecular complexity index is 502. The summed E-state index contributed by atoms with van der Waals surface area (Å²) < 4.78 is 0.671. The van der Waals surface area contributed by atoms with Crippen molar-refractivity contribution in [3.8, 4) is 0 Å². The van der Waals surface area contributed by atoms with Gasteiger partial charge in [0.25, 0.3) is 0 Å². The first-order valence-electron chi connectivity index (χ1n) is 4.48. The van der Waals surface area contributed by atoms with Gasteiger partial charge >= 0.3 is 0 Å². The second kappa shape index (κ2) is 5.07. The molecule has 0 atom stereocenters. The highest BCUT2D eigenvalue weighted by Crippen LogP contribution is 2.26. The molecule has 4 nitrogen and oxygen atoms in total. The van der Waals surface area contributed by atoms with E-state index in [1.54, 1.807) is 11.3 Å². The lowest BCUT2D eigenvalue weighted by molar-refractivity contribution is 1.05. The van der Waals surface area contributed by atoms with Gasteiger partial charge in [-0.3, -0.25) is 0 Å². The summed E-state index contributed by atoms with van der Waals surface area (Å²) in [6, 6.07) is 0. The van der Waals surface area contributed by atoms with Gasteiger partial charge in [0.15, 0.2) is 0 Å². The fraction of sp³-hybridized carbons (Fsp3) is 0.222. The van der Waals surface area contributed by atoms with E-state index in [4.69, 9.17) is 11.6 Å². The molecule has 1 N–H and O–H groups in total. The summed E-state index contributed by atoms with van der Waals surface area (Å²) in [5, 5.41) is 4.56. The number of thiazole rings is 1. The number of aryl methyl sites for hydroxylation is 1. The fourth-order valence-electron chi connectivity index (χ4n) is 1.11. The normalized spacial score (nSPS) is 10.4. The molecule has 0 aromatic carbocycles. The van der Waals surface area contributed by atoms with Crippen molar-refractivity contribution in [2.45, 2.75) is 13.5 Å². The van der Waals surface area contributed by atoms with Crippen LogP contribution in [-0.2, 0) is 6.54 Å². The van der Waals surface area contributed by atoms with Crippen molar-refractivity contribution in [1.29, 1.82) is 0 Å². The van der Waals surface area contributed by atoms with E-state index in [2.05, 4.69) is 36.2 Å². The Morgan fingerprint density at radius 3 is 2.94 bits per heavy atom. The first kappa shape index (κ1) is 11.8. The van der Waals surface area contributed by atoms with E-state index >= 15 is 0 Å². The minimum absolute atomic E-state index is 0.396. The minimum Gasteiger partial charge on any atom is -0.362 e. The Hall–Kier alpha value is -0.720. The van der Waals surface area contributed by atoms with Gasteiger partial charge in [-0.2, -0.15) is 0 Å². The van der Waals surface area contributed by atoms with Crippen molar-refractivity contribution in [3.63, 3.8) is 0 Å². The van der Waals surface area contributed by atoms with E-state index in [0.717, 1.165) is 5.01 Å². The molecule has 0 saturated heterocycles. The molecular weight excluding hydrogens is 312 g/mol. The first-order valence-corrected chi connectivity index (χ1v) is 6.46. The molecule has 0 radical (unpaired) electrons. The lowest BCUT2D eigenvalue weighted by Crippen LogP contribution is -2.02. The third-order valence-electron chi connectivity index (χ3n) is 1.82. The van der Waals surface area contributed by atoms with Gasteiger partial charge in [-0.05, 0) is 22.9 Å². The van der Waals surface area contributed by atoms with Gasteiger partial charge in [0.2, 0.25) is 0 Å². The summed E-state index contributed by atoms with van der Waals surface area (Å²) in [5.74, 6) is 0.674. The maximum atomic E-state index is 5.85. The summed E-state index contributed by atoms with van der Waals surface area (Å²) in [6.45, 7) is 2.66. The number of aromatic nitrogens is 3. The smallest absolute Gasteiger partial charge is 0.148 e.